The van der Waals surface area contributed by atoms with Crippen molar-refractivity contribution >= 4 is 17.1 Å². The predicted molar refractivity (Wildman–Crippen MR) is 101 cm³/mol. The van der Waals surface area contributed by atoms with Gasteiger partial charge in [0.15, 0.2) is 0 Å². The minimum Gasteiger partial charge on any atom is -0.366 e. The summed E-state index contributed by atoms with van der Waals surface area (Å²) in [4.78, 5) is 16.6. The number of aromatic nitrogens is 2. The number of nitrogens with zero attached hydrogens (tertiary/aromatic N) is 2. The fraction of sp³-hybridized carbons (Fsp3) is 0.143. The number of hydrogen-bond donors (Lipinski definition) is 1. The zero-order chi connectivity index (χ0) is 20.5. The van der Waals surface area contributed by atoms with Crippen molar-refractivity contribution in [2.24, 2.45) is 12.8 Å². The molecule has 7 heteroatoms. The van der Waals surface area contributed by atoms with E-state index in [1.54, 1.807) is 48.9 Å². The Balaban J connectivity index is 2.48. The van der Waals surface area contributed by atoms with Crippen LogP contribution in [0.15, 0.2) is 60.8 Å². The summed E-state index contributed by atoms with van der Waals surface area (Å²) >= 11 is 0. The number of amides is 1. The highest BCUT2D eigenvalue weighted by molar-refractivity contribution is 6.28. The predicted octanol–water partition coefficient (Wildman–Crippen LogP) is 4.19. The van der Waals surface area contributed by atoms with Gasteiger partial charge in [-0.15, -0.1) is 0 Å². The van der Waals surface area contributed by atoms with Crippen LogP contribution in [-0.4, -0.2) is 15.5 Å². The number of carbonyl (C=O) groups excluding carboxylic acids is 1. The number of imidazole rings is 1. The molecule has 0 aliphatic carbocycles. The average Bonchev–Trinajstić information content (AvgIpc) is 2.98. The van der Waals surface area contributed by atoms with Gasteiger partial charge in [0.05, 0.1) is 23.0 Å². The largest absolute Gasteiger partial charge is 0.417 e. The molecule has 3 aromatic rings. The number of benzene rings is 2. The molecule has 1 aromatic heterocycles. The van der Waals surface area contributed by atoms with Gasteiger partial charge in [-0.25, -0.2) is 4.98 Å². The summed E-state index contributed by atoms with van der Waals surface area (Å²) < 4.78 is 42.8. The normalized spacial score (nSPS) is 12.6. The molecule has 1 amide bonds. The Labute approximate surface area is 160 Å². The molecule has 2 aromatic carbocycles. The number of alkyl halides is 3. The lowest BCUT2D eigenvalue weighted by Crippen LogP contribution is -2.18. The third-order valence-corrected chi connectivity index (χ3v) is 4.54. The second kappa shape index (κ2) is 7.34. The molecule has 0 saturated heterocycles. The number of rotatable bonds is 4. The van der Waals surface area contributed by atoms with E-state index in [0.29, 0.717) is 17.1 Å². The first-order chi connectivity index (χ1) is 13.2. The number of primary amides is 1. The quantitative estimate of drug-likeness (QED) is 0.541. The van der Waals surface area contributed by atoms with Crippen molar-refractivity contribution < 1.29 is 18.0 Å². The summed E-state index contributed by atoms with van der Waals surface area (Å²) in [6.45, 7) is 1.73. The van der Waals surface area contributed by atoms with Crippen LogP contribution < -0.4 is 5.73 Å². The minimum absolute atomic E-state index is 0.000278. The lowest BCUT2D eigenvalue weighted by atomic mass is 9.89. The van der Waals surface area contributed by atoms with E-state index in [4.69, 9.17) is 5.73 Å². The lowest BCUT2D eigenvalue weighted by Gasteiger charge is -2.19. The first-order valence-electron chi connectivity index (χ1n) is 8.46. The Morgan fingerprint density at radius 3 is 2.18 bits per heavy atom. The maximum atomic E-state index is 13.7. The molecule has 0 fully saturated rings. The van der Waals surface area contributed by atoms with E-state index in [2.05, 4.69) is 4.98 Å². The van der Waals surface area contributed by atoms with Crippen LogP contribution in [0.4, 0.5) is 13.2 Å². The molecular weight excluding hydrogens is 367 g/mol. The molecule has 0 bridgehead atoms. The van der Waals surface area contributed by atoms with Crippen molar-refractivity contribution in [2.45, 2.75) is 13.1 Å². The van der Waals surface area contributed by atoms with Gasteiger partial charge in [0.1, 0.15) is 5.82 Å². The van der Waals surface area contributed by atoms with Gasteiger partial charge in [0.2, 0.25) is 5.91 Å². The molecule has 1 heterocycles. The molecule has 2 N–H and O–H groups in total. The van der Waals surface area contributed by atoms with Gasteiger partial charge < -0.3 is 10.3 Å². The highest BCUT2D eigenvalue weighted by atomic mass is 19.4. The highest BCUT2D eigenvalue weighted by Crippen LogP contribution is 2.40. The van der Waals surface area contributed by atoms with Crippen molar-refractivity contribution in [3.63, 3.8) is 0 Å². The van der Waals surface area contributed by atoms with Crippen LogP contribution in [0.3, 0.4) is 0 Å². The van der Waals surface area contributed by atoms with Gasteiger partial charge in [-0.2, -0.15) is 13.2 Å². The molecule has 3 rings (SSSR count). The number of nitrogens with two attached hydrogens (primary N) is 1. The summed E-state index contributed by atoms with van der Waals surface area (Å²) in [6, 6.07) is 13.6. The van der Waals surface area contributed by atoms with Crippen LogP contribution in [0.25, 0.3) is 11.1 Å². The minimum atomic E-state index is -4.60. The summed E-state index contributed by atoms with van der Waals surface area (Å²) in [7, 11) is 1.68. The van der Waals surface area contributed by atoms with E-state index >= 15 is 0 Å². The molecule has 4 nitrogen and oxygen atoms in total. The van der Waals surface area contributed by atoms with Crippen molar-refractivity contribution in [1.29, 1.82) is 0 Å². The summed E-state index contributed by atoms with van der Waals surface area (Å²) in [5.74, 6) is -0.231. The van der Waals surface area contributed by atoms with Crippen LogP contribution in [-0.2, 0) is 18.0 Å². The SMILES string of the molecule is Cc1ncc(C(=C(C(N)=O)c2ccccc2)c2ccccc2C(F)(F)F)n1C. The maximum absolute atomic E-state index is 13.7. The fourth-order valence-corrected chi connectivity index (χ4v) is 3.10. The van der Waals surface area contributed by atoms with Crippen molar-refractivity contribution in [3.05, 3.63) is 89.0 Å². The van der Waals surface area contributed by atoms with E-state index < -0.39 is 17.6 Å². The molecule has 0 saturated carbocycles. The Hall–Kier alpha value is -3.35. The Morgan fingerprint density at radius 2 is 1.64 bits per heavy atom. The van der Waals surface area contributed by atoms with Gasteiger partial charge in [0, 0.05) is 12.6 Å². The zero-order valence-electron chi connectivity index (χ0n) is 15.3. The van der Waals surface area contributed by atoms with Crippen LogP contribution in [0, 0.1) is 6.92 Å². The second-order valence-corrected chi connectivity index (χ2v) is 6.27. The summed E-state index contributed by atoms with van der Waals surface area (Å²) in [5.41, 5.74) is 5.57. The highest BCUT2D eigenvalue weighted by Gasteiger charge is 2.35. The second-order valence-electron chi connectivity index (χ2n) is 6.27. The van der Waals surface area contributed by atoms with Gasteiger partial charge in [-0.05, 0) is 24.1 Å². The number of aryl methyl sites for hydroxylation is 1. The van der Waals surface area contributed by atoms with Crippen LogP contribution >= 0.6 is 0 Å². The standard InChI is InChI=1S/C21H18F3N3O/c1-13-26-12-17(27(13)2)19(15-10-6-7-11-16(15)21(22,23)24)18(20(25)28)14-8-4-3-5-9-14/h3-12H,1-2H3,(H2,25,28). The van der Waals surface area contributed by atoms with Gasteiger partial charge in [-0.3, -0.25) is 4.79 Å². The van der Waals surface area contributed by atoms with E-state index in [-0.39, 0.29) is 16.7 Å². The van der Waals surface area contributed by atoms with Crippen LogP contribution in [0.5, 0.6) is 0 Å². The third kappa shape index (κ3) is 3.55. The monoisotopic (exact) mass is 385 g/mol. The number of hydrogen-bond acceptors (Lipinski definition) is 2. The van der Waals surface area contributed by atoms with Gasteiger partial charge in [-0.1, -0.05) is 48.5 Å². The Morgan fingerprint density at radius 1 is 1.04 bits per heavy atom. The number of carbonyl (C=O) groups is 1. The fourth-order valence-electron chi connectivity index (χ4n) is 3.10. The van der Waals surface area contributed by atoms with Gasteiger partial charge >= 0.3 is 6.18 Å². The lowest BCUT2D eigenvalue weighted by molar-refractivity contribution is -0.137. The Kier molecular flexibility index (Phi) is 5.09. The molecule has 28 heavy (non-hydrogen) atoms. The molecule has 0 unspecified atom stereocenters. The molecule has 0 spiro atoms. The van der Waals surface area contributed by atoms with Crippen molar-refractivity contribution in [2.75, 3.05) is 0 Å². The van der Waals surface area contributed by atoms with E-state index in [9.17, 15) is 18.0 Å². The summed E-state index contributed by atoms with van der Waals surface area (Å²) in [5, 5.41) is 0. The van der Waals surface area contributed by atoms with Crippen LogP contribution in [0.2, 0.25) is 0 Å². The molecular formula is C21H18F3N3O. The molecule has 0 radical (unpaired) electrons. The molecule has 0 atom stereocenters. The molecule has 0 aliphatic heterocycles. The topological polar surface area (TPSA) is 60.9 Å². The van der Waals surface area contributed by atoms with Crippen molar-refractivity contribution in [3.8, 4) is 0 Å². The smallest absolute Gasteiger partial charge is 0.366 e. The van der Waals surface area contributed by atoms with E-state index in [0.717, 1.165) is 6.07 Å². The molecule has 0 aliphatic rings. The van der Waals surface area contributed by atoms with Gasteiger partial charge in [0.25, 0.3) is 0 Å². The first-order valence-corrected chi connectivity index (χ1v) is 8.46. The zero-order valence-corrected chi connectivity index (χ0v) is 15.3. The summed E-state index contributed by atoms with van der Waals surface area (Å²) in [6.07, 6.45) is -3.15. The van der Waals surface area contributed by atoms with E-state index in [1.165, 1.54) is 24.4 Å². The van der Waals surface area contributed by atoms with E-state index in [1.807, 2.05) is 0 Å². The van der Waals surface area contributed by atoms with Crippen LogP contribution in [0.1, 0.15) is 28.2 Å². The number of halogens is 3. The Bertz CT molecular complexity index is 1050. The molecule has 144 valence electrons. The first kappa shape index (κ1) is 19.4. The van der Waals surface area contributed by atoms with Crippen molar-refractivity contribution in [1.82, 2.24) is 9.55 Å². The third-order valence-electron chi connectivity index (χ3n) is 4.54. The average molecular weight is 385 g/mol. The maximum Gasteiger partial charge on any atom is 0.417 e.